The molecule has 0 spiro atoms. The third kappa shape index (κ3) is 3.70. The van der Waals surface area contributed by atoms with E-state index >= 15 is 0 Å². The van der Waals surface area contributed by atoms with Crippen molar-refractivity contribution in [2.75, 3.05) is 6.61 Å². The Bertz CT molecular complexity index is 607. The molecule has 8 heteroatoms. The Hall–Kier alpha value is -2.09. The Balaban J connectivity index is 2.08. The second-order valence-corrected chi connectivity index (χ2v) is 3.99. The van der Waals surface area contributed by atoms with E-state index in [2.05, 4.69) is 14.4 Å². The van der Waals surface area contributed by atoms with Gasteiger partial charge in [0, 0.05) is 6.42 Å². The predicted octanol–water partition coefficient (Wildman–Crippen LogP) is 1.81. The fourth-order valence-electron chi connectivity index (χ4n) is 1.57. The zero-order chi connectivity index (χ0) is 14.5. The molecule has 1 aromatic carbocycles. The highest BCUT2D eigenvalue weighted by atomic mass is 19.3. The van der Waals surface area contributed by atoms with Gasteiger partial charge in [-0.25, -0.2) is 22.5 Å². The smallest absolute Gasteiger partial charge is 0.355 e. The lowest BCUT2D eigenvalue weighted by molar-refractivity contribution is -0.0134. The van der Waals surface area contributed by atoms with E-state index in [4.69, 9.17) is 0 Å². The second-order valence-electron chi connectivity index (χ2n) is 3.99. The summed E-state index contributed by atoms with van der Waals surface area (Å²) >= 11 is 0. The first kappa shape index (κ1) is 14.3. The largest absolute Gasteiger partial charge is 0.443 e. The molecule has 0 N–H and O–H groups in total. The summed E-state index contributed by atoms with van der Waals surface area (Å²) in [6.07, 6.45) is -2.42. The molecule has 0 radical (unpaired) electrons. The molecule has 0 aliphatic rings. The highest BCUT2D eigenvalue weighted by Crippen LogP contribution is 2.08. The predicted molar refractivity (Wildman–Crippen MR) is 61.9 cm³/mol. The topological polar surface area (TPSA) is 57.3 Å². The average Bonchev–Trinajstić information content (AvgIpc) is 2.74. The van der Waals surface area contributed by atoms with E-state index in [-0.39, 0.29) is 24.8 Å². The molecule has 0 saturated heterocycles. The molecule has 1 heterocycles. The minimum Gasteiger partial charge on any atom is -0.355 e. The van der Waals surface area contributed by atoms with Crippen molar-refractivity contribution in [1.82, 2.24) is 9.72 Å². The van der Waals surface area contributed by atoms with E-state index in [0.717, 1.165) is 4.57 Å². The van der Waals surface area contributed by atoms with Crippen LogP contribution in [-0.4, -0.2) is 22.8 Å². The molecule has 2 aromatic rings. The summed E-state index contributed by atoms with van der Waals surface area (Å²) < 4.78 is 46.8. The van der Waals surface area contributed by atoms with Crippen LogP contribution in [0, 0.1) is 5.82 Å². The van der Waals surface area contributed by atoms with Gasteiger partial charge in [-0.15, -0.1) is 0 Å². The van der Waals surface area contributed by atoms with E-state index in [1.807, 2.05) is 0 Å². The number of ether oxygens (including phenoxy) is 1. The van der Waals surface area contributed by atoms with Crippen LogP contribution in [0.5, 0.6) is 0 Å². The van der Waals surface area contributed by atoms with Crippen molar-refractivity contribution >= 4 is 0 Å². The summed E-state index contributed by atoms with van der Waals surface area (Å²) in [5.41, 5.74) is 0.697. The fourth-order valence-corrected chi connectivity index (χ4v) is 1.57. The Morgan fingerprint density at radius 1 is 1.30 bits per heavy atom. The number of benzene rings is 1. The minimum atomic E-state index is -2.62. The minimum absolute atomic E-state index is 0.198. The van der Waals surface area contributed by atoms with E-state index < -0.39 is 18.8 Å². The van der Waals surface area contributed by atoms with Crippen molar-refractivity contribution in [3.63, 3.8) is 0 Å². The highest BCUT2D eigenvalue weighted by molar-refractivity contribution is 5.19. The first-order valence-corrected chi connectivity index (χ1v) is 5.72. The number of aromatic nitrogens is 2. The summed E-state index contributed by atoms with van der Waals surface area (Å²) in [6.45, 7) is -1.16. The standard InChI is InChI=1S/C12H11F3N2O3/c13-9-3-1-8(2-4-9)5-11-16-20-12(18)17(11)7-19-6-10(14)15/h1-4,10H,5-7H2. The zero-order valence-electron chi connectivity index (χ0n) is 10.3. The number of halogens is 3. The van der Waals surface area contributed by atoms with Crippen LogP contribution in [0.3, 0.4) is 0 Å². The monoisotopic (exact) mass is 288 g/mol. The van der Waals surface area contributed by atoms with Crippen LogP contribution in [0.2, 0.25) is 0 Å². The zero-order valence-corrected chi connectivity index (χ0v) is 10.3. The van der Waals surface area contributed by atoms with Gasteiger partial charge in [0.15, 0.2) is 5.82 Å². The number of hydrogen-bond donors (Lipinski definition) is 0. The van der Waals surface area contributed by atoms with E-state index in [1.165, 1.54) is 24.3 Å². The molecular weight excluding hydrogens is 277 g/mol. The quantitative estimate of drug-likeness (QED) is 0.813. The van der Waals surface area contributed by atoms with Gasteiger partial charge in [0.25, 0.3) is 6.43 Å². The summed E-state index contributed by atoms with van der Waals surface area (Å²) in [5.74, 6) is -0.959. The Morgan fingerprint density at radius 2 is 2.00 bits per heavy atom. The molecule has 0 atom stereocenters. The van der Waals surface area contributed by atoms with Crippen molar-refractivity contribution in [1.29, 1.82) is 0 Å². The molecule has 5 nitrogen and oxygen atoms in total. The molecule has 1 aromatic heterocycles. The lowest BCUT2D eigenvalue weighted by Crippen LogP contribution is -2.20. The Kier molecular flexibility index (Phi) is 4.57. The van der Waals surface area contributed by atoms with Crippen molar-refractivity contribution in [2.45, 2.75) is 19.6 Å². The van der Waals surface area contributed by atoms with E-state index in [1.54, 1.807) is 0 Å². The summed E-state index contributed by atoms with van der Waals surface area (Å²) in [5, 5.41) is 3.55. The van der Waals surface area contributed by atoms with Gasteiger partial charge in [-0.1, -0.05) is 17.3 Å². The lowest BCUT2D eigenvalue weighted by atomic mass is 10.1. The van der Waals surface area contributed by atoms with Crippen molar-refractivity contribution in [3.8, 4) is 0 Å². The number of alkyl halides is 2. The van der Waals surface area contributed by atoms with Gasteiger partial charge in [0.05, 0.1) is 0 Å². The SMILES string of the molecule is O=c1onc(Cc2ccc(F)cc2)n1COCC(F)F. The molecule has 0 fully saturated rings. The first-order chi connectivity index (χ1) is 9.56. The molecular formula is C12H11F3N2O3. The average molecular weight is 288 g/mol. The van der Waals surface area contributed by atoms with Crippen LogP contribution in [0.1, 0.15) is 11.4 Å². The van der Waals surface area contributed by atoms with Crippen LogP contribution in [0.15, 0.2) is 33.6 Å². The Morgan fingerprint density at radius 3 is 2.65 bits per heavy atom. The first-order valence-electron chi connectivity index (χ1n) is 5.72. The summed E-state index contributed by atoms with van der Waals surface area (Å²) in [6, 6.07) is 5.59. The molecule has 0 aliphatic heterocycles. The van der Waals surface area contributed by atoms with Gasteiger partial charge in [0.2, 0.25) is 0 Å². The normalized spacial score (nSPS) is 11.2. The fraction of sp³-hybridized carbons (Fsp3) is 0.333. The van der Waals surface area contributed by atoms with E-state index in [0.29, 0.717) is 5.56 Å². The van der Waals surface area contributed by atoms with Gasteiger partial charge >= 0.3 is 5.76 Å². The maximum absolute atomic E-state index is 12.8. The Labute approximate surface area is 111 Å². The van der Waals surface area contributed by atoms with Crippen LogP contribution < -0.4 is 5.76 Å². The molecule has 0 amide bonds. The molecule has 0 bridgehead atoms. The third-order valence-electron chi connectivity index (χ3n) is 2.50. The molecule has 0 saturated carbocycles. The molecule has 2 rings (SSSR count). The molecule has 20 heavy (non-hydrogen) atoms. The number of nitrogens with zero attached hydrogens (tertiary/aromatic N) is 2. The molecule has 0 unspecified atom stereocenters. The molecule has 108 valence electrons. The van der Waals surface area contributed by atoms with Crippen LogP contribution >= 0.6 is 0 Å². The number of rotatable bonds is 6. The maximum atomic E-state index is 12.8. The van der Waals surface area contributed by atoms with Crippen molar-refractivity contribution in [3.05, 3.63) is 52.0 Å². The van der Waals surface area contributed by atoms with Crippen molar-refractivity contribution < 1.29 is 22.4 Å². The van der Waals surface area contributed by atoms with Gasteiger partial charge < -0.3 is 4.74 Å². The van der Waals surface area contributed by atoms with Gasteiger partial charge in [-0.2, -0.15) is 0 Å². The second kappa shape index (κ2) is 6.38. The maximum Gasteiger partial charge on any atom is 0.443 e. The van der Waals surface area contributed by atoms with Crippen LogP contribution in [-0.2, 0) is 17.9 Å². The van der Waals surface area contributed by atoms with Crippen molar-refractivity contribution in [2.24, 2.45) is 0 Å². The summed E-state index contributed by atoms with van der Waals surface area (Å²) in [7, 11) is 0. The molecule has 0 aliphatic carbocycles. The third-order valence-corrected chi connectivity index (χ3v) is 2.50. The van der Waals surface area contributed by atoms with E-state index in [9.17, 15) is 18.0 Å². The van der Waals surface area contributed by atoms with Gasteiger partial charge in [-0.05, 0) is 17.7 Å². The van der Waals surface area contributed by atoms with Gasteiger partial charge in [-0.3, -0.25) is 4.52 Å². The highest BCUT2D eigenvalue weighted by Gasteiger charge is 2.12. The summed E-state index contributed by atoms with van der Waals surface area (Å²) in [4.78, 5) is 11.4. The number of hydrogen-bond acceptors (Lipinski definition) is 4. The van der Waals surface area contributed by atoms with Crippen LogP contribution in [0.25, 0.3) is 0 Å². The lowest BCUT2D eigenvalue weighted by Gasteiger charge is -2.05. The van der Waals surface area contributed by atoms with Gasteiger partial charge in [0.1, 0.15) is 19.2 Å². The van der Waals surface area contributed by atoms with Crippen LogP contribution in [0.4, 0.5) is 13.2 Å².